The number of benzene rings is 1. The molecule has 0 heterocycles. The normalized spacial score (nSPS) is 13.7. The Kier molecular flexibility index (Phi) is 8.11. The Morgan fingerprint density at radius 1 is 1.09 bits per heavy atom. The second-order valence-electron chi connectivity index (χ2n) is 6.73. The molecule has 1 aromatic rings. The minimum absolute atomic E-state index is 0.113. The molecule has 0 spiro atoms. The van der Waals surface area contributed by atoms with Crippen molar-refractivity contribution in [2.75, 3.05) is 0 Å². The van der Waals surface area contributed by atoms with Gasteiger partial charge in [-0.05, 0) is 25.3 Å². The molecule has 128 valence electrons. The summed E-state index contributed by atoms with van der Waals surface area (Å²) in [5.41, 5.74) is 11.0. The van der Waals surface area contributed by atoms with Crippen molar-refractivity contribution >= 4 is 0 Å². The first-order valence-electron chi connectivity index (χ1n) is 8.84. The summed E-state index contributed by atoms with van der Waals surface area (Å²) in [5, 5.41) is 3.23. The van der Waals surface area contributed by atoms with Crippen LogP contribution in [0.1, 0.15) is 63.5 Å². The first-order valence-corrected chi connectivity index (χ1v) is 8.84. The van der Waals surface area contributed by atoms with E-state index in [9.17, 15) is 0 Å². The lowest BCUT2D eigenvalue weighted by Gasteiger charge is -2.34. The van der Waals surface area contributed by atoms with Crippen LogP contribution in [-0.2, 0) is 0 Å². The van der Waals surface area contributed by atoms with E-state index in [2.05, 4.69) is 63.5 Å². The van der Waals surface area contributed by atoms with Crippen LogP contribution < -0.4 is 11.1 Å². The molecule has 0 fully saturated rings. The second kappa shape index (κ2) is 9.57. The van der Waals surface area contributed by atoms with Gasteiger partial charge in [0.25, 0.3) is 0 Å². The maximum absolute atomic E-state index is 6.64. The van der Waals surface area contributed by atoms with Gasteiger partial charge in [0.05, 0.1) is 6.04 Å². The van der Waals surface area contributed by atoms with E-state index in [0.29, 0.717) is 5.92 Å². The van der Waals surface area contributed by atoms with Crippen LogP contribution in [0.2, 0.25) is 0 Å². The van der Waals surface area contributed by atoms with Gasteiger partial charge in [-0.2, -0.15) is 0 Å². The second-order valence-corrected chi connectivity index (χ2v) is 6.73. The van der Waals surface area contributed by atoms with Crippen LogP contribution in [0.5, 0.6) is 0 Å². The third kappa shape index (κ3) is 5.87. The Bertz CT molecular complexity index is 495. The SMILES string of the molecule is C=C(C)NC(=C)[C@@H](N)C(c1ccc(C)cc1)C(CCC)CCC. The minimum atomic E-state index is -0.113. The van der Waals surface area contributed by atoms with Gasteiger partial charge in [0.1, 0.15) is 0 Å². The lowest BCUT2D eigenvalue weighted by molar-refractivity contribution is 0.333. The molecule has 3 N–H and O–H groups in total. The van der Waals surface area contributed by atoms with Crippen LogP contribution in [0.4, 0.5) is 0 Å². The van der Waals surface area contributed by atoms with Gasteiger partial charge in [-0.1, -0.05) is 82.5 Å². The van der Waals surface area contributed by atoms with Gasteiger partial charge in [0, 0.05) is 17.3 Å². The molecule has 1 rings (SSSR count). The van der Waals surface area contributed by atoms with Crippen molar-refractivity contribution in [2.24, 2.45) is 11.7 Å². The Hall–Kier alpha value is -1.54. The average Bonchev–Trinajstić information content (AvgIpc) is 2.49. The molecule has 0 radical (unpaired) electrons. The van der Waals surface area contributed by atoms with E-state index >= 15 is 0 Å². The number of nitrogens with one attached hydrogen (secondary N) is 1. The summed E-state index contributed by atoms with van der Waals surface area (Å²) in [6, 6.07) is 8.70. The summed E-state index contributed by atoms with van der Waals surface area (Å²) in [6.45, 7) is 16.6. The highest BCUT2D eigenvalue weighted by Gasteiger charge is 2.29. The van der Waals surface area contributed by atoms with Gasteiger partial charge < -0.3 is 11.1 Å². The fourth-order valence-electron chi connectivity index (χ4n) is 3.38. The number of hydrogen-bond donors (Lipinski definition) is 2. The maximum Gasteiger partial charge on any atom is 0.0513 e. The van der Waals surface area contributed by atoms with E-state index in [-0.39, 0.29) is 12.0 Å². The van der Waals surface area contributed by atoms with Crippen molar-refractivity contribution in [3.05, 3.63) is 59.9 Å². The summed E-state index contributed by atoms with van der Waals surface area (Å²) in [6.07, 6.45) is 4.75. The number of rotatable bonds is 10. The smallest absolute Gasteiger partial charge is 0.0513 e. The van der Waals surface area contributed by atoms with Gasteiger partial charge in [-0.25, -0.2) is 0 Å². The molecule has 1 aromatic carbocycles. The standard InChI is InChI=1S/C21H34N2/c1-7-9-18(10-8-2)20(19-13-11-16(5)12-14-19)21(22)17(6)23-15(3)4/h11-14,18,20-21,23H,3,6-10,22H2,1-2,4-5H3/t20?,21-/m1/s1. The van der Waals surface area contributed by atoms with Gasteiger partial charge in [0.2, 0.25) is 0 Å². The van der Waals surface area contributed by atoms with Crippen LogP contribution in [0.15, 0.2) is 48.8 Å². The highest BCUT2D eigenvalue weighted by molar-refractivity contribution is 5.29. The fourth-order valence-corrected chi connectivity index (χ4v) is 3.38. The van der Waals surface area contributed by atoms with E-state index in [1.165, 1.54) is 36.8 Å². The number of allylic oxidation sites excluding steroid dienone is 1. The topological polar surface area (TPSA) is 38.0 Å². The first kappa shape index (κ1) is 19.5. The van der Waals surface area contributed by atoms with Gasteiger partial charge in [-0.15, -0.1) is 0 Å². The summed E-state index contributed by atoms with van der Waals surface area (Å²) >= 11 is 0. The number of aryl methyl sites for hydroxylation is 1. The number of nitrogens with two attached hydrogens (primary N) is 1. The highest BCUT2D eigenvalue weighted by Crippen LogP contribution is 2.35. The average molecular weight is 315 g/mol. The third-order valence-corrected chi connectivity index (χ3v) is 4.45. The molecule has 2 nitrogen and oxygen atoms in total. The molecule has 2 heteroatoms. The summed E-state index contributed by atoms with van der Waals surface area (Å²) in [7, 11) is 0. The van der Waals surface area contributed by atoms with Gasteiger partial charge in [0.15, 0.2) is 0 Å². The van der Waals surface area contributed by atoms with Crippen molar-refractivity contribution in [2.45, 2.75) is 65.3 Å². The molecule has 0 saturated carbocycles. The van der Waals surface area contributed by atoms with Crippen molar-refractivity contribution in [1.82, 2.24) is 5.32 Å². The van der Waals surface area contributed by atoms with Crippen molar-refractivity contribution in [3.63, 3.8) is 0 Å². The molecule has 0 amide bonds. The molecule has 1 unspecified atom stereocenters. The zero-order chi connectivity index (χ0) is 17.4. The molecule has 0 aliphatic rings. The Morgan fingerprint density at radius 3 is 2.04 bits per heavy atom. The van der Waals surface area contributed by atoms with Crippen LogP contribution in [0.25, 0.3) is 0 Å². The monoisotopic (exact) mass is 314 g/mol. The van der Waals surface area contributed by atoms with E-state index in [1.54, 1.807) is 0 Å². The molecule has 0 saturated heterocycles. The molecule has 0 aliphatic carbocycles. The third-order valence-electron chi connectivity index (χ3n) is 4.45. The number of hydrogen-bond acceptors (Lipinski definition) is 2. The van der Waals surface area contributed by atoms with Crippen LogP contribution in [0.3, 0.4) is 0 Å². The molecule has 2 atom stereocenters. The van der Waals surface area contributed by atoms with E-state index < -0.39 is 0 Å². The molecular weight excluding hydrogens is 280 g/mol. The largest absolute Gasteiger partial charge is 0.362 e. The predicted molar refractivity (Wildman–Crippen MR) is 102 cm³/mol. The summed E-state index contributed by atoms with van der Waals surface area (Å²) < 4.78 is 0. The Labute approximate surface area is 142 Å². The predicted octanol–water partition coefficient (Wildman–Crippen LogP) is 5.26. The van der Waals surface area contributed by atoms with Gasteiger partial charge in [-0.3, -0.25) is 0 Å². The zero-order valence-corrected chi connectivity index (χ0v) is 15.4. The first-order chi connectivity index (χ1) is 10.9. The molecule has 23 heavy (non-hydrogen) atoms. The van der Waals surface area contributed by atoms with Crippen molar-refractivity contribution in [1.29, 1.82) is 0 Å². The quantitative estimate of drug-likeness (QED) is 0.618. The van der Waals surface area contributed by atoms with E-state index in [4.69, 9.17) is 5.73 Å². The van der Waals surface area contributed by atoms with Crippen LogP contribution >= 0.6 is 0 Å². The lowest BCUT2D eigenvalue weighted by atomic mass is 9.75. The van der Waals surface area contributed by atoms with E-state index in [0.717, 1.165) is 11.4 Å². The fraction of sp³-hybridized carbons (Fsp3) is 0.524. The van der Waals surface area contributed by atoms with Crippen molar-refractivity contribution in [3.8, 4) is 0 Å². The Morgan fingerprint density at radius 2 is 1.61 bits per heavy atom. The molecule has 0 aromatic heterocycles. The highest BCUT2D eigenvalue weighted by atomic mass is 14.9. The molecular formula is C21H34N2. The van der Waals surface area contributed by atoms with Crippen LogP contribution in [-0.4, -0.2) is 6.04 Å². The zero-order valence-electron chi connectivity index (χ0n) is 15.4. The van der Waals surface area contributed by atoms with Crippen LogP contribution in [0, 0.1) is 12.8 Å². The maximum atomic E-state index is 6.64. The summed E-state index contributed by atoms with van der Waals surface area (Å²) in [4.78, 5) is 0. The van der Waals surface area contributed by atoms with Crippen molar-refractivity contribution < 1.29 is 0 Å². The minimum Gasteiger partial charge on any atom is -0.362 e. The van der Waals surface area contributed by atoms with Gasteiger partial charge >= 0.3 is 0 Å². The lowest BCUT2D eigenvalue weighted by Crippen LogP contribution is -2.39. The Balaban J connectivity index is 3.15. The van der Waals surface area contributed by atoms with E-state index in [1.807, 2.05) is 6.92 Å². The summed E-state index contributed by atoms with van der Waals surface area (Å²) in [5.74, 6) is 0.862. The molecule has 0 bridgehead atoms. The molecule has 0 aliphatic heterocycles.